The van der Waals surface area contributed by atoms with Gasteiger partial charge >= 0.3 is 0 Å². The predicted octanol–water partition coefficient (Wildman–Crippen LogP) is 5.33. The van der Waals surface area contributed by atoms with Gasteiger partial charge in [-0.1, -0.05) is 29.0 Å². The van der Waals surface area contributed by atoms with Crippen molar-refractivity contribution in [2.24, 2.45) is 0 Å². The Labute approximate surface area is 212 Å². The lowest BCUT2D eigenvalue weighted by Crippen LogP contribution is -2.32. The standard InChI is InChI=1S/C23H23ClN4O4S.ClH/c1-30-17-9-8-16(24)21-19(17)26-23(33-21)28(12-5-11-27-13-10-25-14-27)22(29)15-6-4-7-18(31-2)20(15)32-3;/h4,6-10,13-14H,5,11-12H2,1-3H3;1H. The van der Waals surface area contributed by atoms with E-state index in [1.165, 1.54) is 25.6 Å². The summed E-state index contributed by atoms with van der Waals surface area (Å²) in [5.41, 5.74) is 1.01. The molecule has 0 saturated heterocycles. The third-order valence-electron chi connectivity index (χ3n) is 5.13. The van der Waals surface area contributed by atoms with E-state index in [-0.39, 0.29) is 18.3 Å². The summed E-state index contributed by atoms with van der Waals surface area (Å²) in [7, 11) is 4.63. The highest BCUT2D eigenvalue weighted by molar-refractivity contribution is 7.23. The Bertz CT molecular complexity index is 1260. The molecule has 0 aliphatic heterocycles. The van der Waals surface area contributed by atoms with Gasteiger partial charge in [0.05, 0.1) is 42.9 Å². The van der Waals surface area contributed by atoms with Crippen molar-refractivity contribution in [1.82, 2.24) is 14.5 Å². The van der Waals surface area contributed by atoms with E-state index in [9.17, 15) is 4.79 Å². The first-order chi connectivity index (χ1) is 16.1. The van der Waals surface area contributed by atoms with Crippen LogP contribution in [0.4, 0.5) is 5.13 Å². The Balaban J connectivity index is 0.00000324. The van der Waals surface area contributed by atoms with Gasteiger partial charge in [0, 0.05) is 25.5 Å². The van der Waals surface area contributed by atoms with Gasteiger partial charge in [-0.3, -0.25) is 9.69 Å². The summed E-state index contributed by atoms with van der Waals surface area (Å²) < 4.78 is 19.1. The number of carbonyl (C=O) groups is 1. The normalized spacial score (nSPS) is 10.6. The average Bonchev–Trinajstić information content (AvgIpc) is 3.52. The van der Waals surface area contributed by atoms with E-state index in [0.717, 1.165) is 4.70 Å². The minimum absolute atomic E-state index is 0. The molecule has 0 saturated carbocycles. The number of amides is 1. The highest BCUT2D eigenvalue weighted by Gasteiger charge is 2.26. The van der Waals surface area contributed by atoms with E-state index in [1.807, 2.05) is 10.8 Å². The number of fused-ring (bicyclic) bond motifs is 1. The number of hydrogen-bond donors (Lipinski definition) is 0. The summed E-state index contributed by atoms with van der Waals surface area (Å²) in [6, 6.07) is 8.76. The van der Waals surface area contributed by atoms with Crippen molar-refractivity contribution in [3.05, 3.63) is 59.6 Å². The quantitative estimate of drug-likeness (QED) is 0.295. The van der Waals surface area contributed by atoms with Gasteiger partial charge in [0.2, 0.25) is 0 Å². The molecule has 4 aromatic rings. The number of benzene rings is 2. The molecular weight excluding hydrogens is 499 g/mol. The van der Waals surface area contributed by atoms with Gasteiger partial charge in [-0.15, -0.1) is 12.4 Å². The van der Waals surface area contributed by atoms with Crippen LogP contribution in [0.1, 0.15) is 16.8 Å². The molecule has 0 aliphatic carbocycles. The number of anilines is 1. The Hall–Kier alpha value is -3.01. The Morgan fingerprint density at radius 1 is 1.12 bits per heavy atom. The molecule has 0 atom stereocenters. The molecule has 1 amide bonds. The summed E-state index contributed by atoms with van der Waals surface area (Å²) >= 11 is 7.77. The van der Waals surface area contributed by atoms with Crippen molar-refractivity contribution in [3.8, 4) is 17.2 Å². The number of para-hydroxylation sites is 1. The van der Waals surface area contributed by atoms with Crippen LogP contribution in [-0.4, -0.2) is 48.3 Å². The second-order valence-electron chi connectivity index (χ2n) is 7.08. The molecule has 0 aliphatic rings. The number of halogens is 2. The van der Waals surface area contributed by atoms with E-state index >= 15 is 0 Å². The van der Waals surface area contributed by atoms with Crippen LogP contribution in [0.5, 0.6) is 17.2 Å². The molecular formula is C23H24Cl2N4O4S. The number of methoxy groups -OCH3 is 3. The summed E-state index contributed by atoms with van der Waals surface area (Å²) in [5, 5.41) is 1.08. The van der Waals surface area contributed by atoms with E-state index in [1.54, 1.807) is 54.9 Å². The fraction of sp³-hybridized carbons (Fsp3) is 0.261. The molecule has 8 nitrogen and oxygen atoms in total. The summed E-state index contributed by atoms with van der Waals surface area (Å²) in [4.78, 5) is 24.2. The second-order valence-corrected chi connectivity index (χ2v) is 8.46. The van der Waals surface area contributed by atoms with Crippen LogP contribution in [0, 0.1) is 0 Å². The summed E-state index contributed by atoms with van der Waals surface area (Å²) in [6.45, 7) is 1.13. The number of carbonyl (C=O) groups excluding carboxylic acids is 1. The minimum atomic E-state index is -0.245. The molecule has 0 bridgehead atoms. The van der Waals surface area contributed by atoms with Crippen LogP contribution in [0.25, 0.3) is 10.2 Å². The topological polar surface area (TPSA) is 78.7 Å². The molecule has 0 radical (unpaired) electrons. The van der Waals surface area contributed by atoms with Crippen molar-refractivity contribution in [1.29, 1.82) is 0 Å². The first kappa shape index (κ1) is 25.6. The molecule has 180 valence electrons. The molecule has 0 fully saturated rings. The fourth-order valence-corrected chi connectivity index (χ4v) is 4.82. The van der Waals surface area contributed by atoms with Gasteiger partial charge < -0.3 is 18.8 Å². The zero-order chi connectivity index (χ0) is 23.4. The first-order valence-electron chi connectivity index (χ1n) is 10.2. The number of thiazole rings is 1. The van der Waals surface area contributed by atoms with Crippen LogP contribution in [0.15, 0.2) is 49.1 Å². The zero-order valence-corrected chi connectivity index (χ0v) is 21.2. The molecule has 34 heavy (non-hydrogen) atoms. The van der Waals surface area contributed by atoms with Gasteiger partial charge in [0.1, 0.15) is 11.3 Å². The molecule has 0 N–H and O–H groups in total. The first-order valence-corrected chi connectivity index (χ1v) is 11.4. The van der Waals surface area contributed by atoms with Gasteiger partial charge in [0.25, 0.3) is 5.91 Å². The van der Waals surface area contributed by atoms with E-state index in [2.05, 4.69) is 4.98 Å². The fourth-order valence-electron chi connectivity index (χ4n) is 3.54. The smallest absolute Gasteiger partial charge is 0.263 e. The maximum Gasteiger partial charge on any atom is 0.263 e. The maximum atomic E-state index is 13.8. The number of hydrogen-bond acceptors (Lipinski definition) is 7. The van der Waals surface area contributed by atoms with Gasteiger partial charge in [-0.2, -0.15) is 0 Å². The van der Waals surface area contributed by atoms with Crippen molar-refractivity contribution < 1.29 is 19.0 Å². The minimum Gasteiger partial charge on any atom is -0.494 e. The second kappa shape index (κ2) is 11.4. The molecule has 0 spiro atoms. The summed E-state index contributed by atoms with van der Waals surface area (Å²) in [5.74, 6) is 1.21. The number of nitrogens with zero attached hydrogens (tertiary/aromatic N) is 4. The van der Waals surface area contributed by atoms with Crippen LogP contribution in [0.3, 0.4) is 0 Å². The van der Waals surface area contributed by atoms with Crippen molar-refractivity contribution in [3.63, 3.8) is 0 Å². The number of aryl methyl sites for hydroxylation is 1. The van der Waals surface area contributed by atoms with Crippen molar-refractivity contribution >= 4 is 56.6 Å². The lowest BCUT2D eigenvalue weighted by Gasteiger charge is -2.22. The molecule has 0 unspecified atom stereocenters. The highest BCUT2D eigenvalue weighted by Crippen LogP contribution is 2.40. The van der Waals surface area contributed by atoms with Crippen LogP contribution in [0.2, 0.25) is 5.02 Å². The third kappa shape index (κ3) is 5.06. The van der Waals surface area contributed by atoms with Crippen LogP contribution >= 0.6 is 35.3 Å². The monoisotopic (exact) mass is 522 g/mol. The van der Waals surface area contributed by atoms with E-state index in [4.69, 9.17) is 30.8 Å². The van der Waals surface area contributed by atoms with Gasteiger partial charge in [-0.25, -0.2) is 9.97 Å². The number of imidazole rings is 1. The Morgan fingerprint density at radius 3 is 2.59 bits per heavy atom. The Morgan fingerprint density at radius 2 is 1.91 bits per heavy atom. The van der Waals surface area contributed by atoms with Crippen LogP contribution < -0.4 is 19.1 Å². The predicted molar refractivity (Wildman–Crippen MR) is 136 cm³/mol. The molecule has 4 rings (SSSR count). The Kier molecular flexibility index (Phi) is 8.60. The van der Waals surface area contributed by atoms with Crippen LogP contribution in [-0.2, 0) is 6.54 Å². The lowest BCUT2D eigenvalue weighted by molar-refractivity contribution is 0.0982. The highest BCUT2D eigenvalue weighted by atomic mass is 35.5. The SMILES string of the molecule is COc1cccc(C(=O)N(CCCn2ccnc2)c2nc3c(OC)ccc(Cl)c3s2)c1OC.Cl. The zero-order valence-electron chi connectivity index (χ0n) is 18.9. The van der Waals surface area contributed by atoms with E-state index in [0.29, 0.717) is 58.0 Å². The average molecular weight is 523 g/mol. The molecule has 11 heteroatoms. The van der Waals surface area contributed by atoms with Crippen molar-refractivity contribution in [2.75, 3.05) is 32.8 Å². The number of rotatable bonds is 9. The maximum absolute atomic E-state index is 13.8. The molecule has 2 aromatic carbocycles. The molecule has 2 aromatic heterocycles. The largest absolute Gasteiger partial charge is 0.494 e. The summed E-state index contributed by atoms with van der Waals surface area (Å²) in [6.07, 6.45) is 6.06. The van der Waals surface area contributed by atoms with E-state index < -0.39 is 0 Å². The van der Waals surface area contributed by atoms with Crippen molar-refractivity contribution in [2.45, 2.75) is 13.0 Å². The third-order valence-corrected chi connectivity index (χ3v) is 6.67. The number of ether oxygens (including phenoxy) is 3. The lowest BCUT2D eigenvalue weighted by atomic mass is 10.1. The van der Waals surface area contributed by atoms with Gasteiger partial charge in [-0.05, 0) is 30.7 Å². The van der Waals surface area contributed by atoms with Gasteiger partial charge in [0.15, 0.2) is 16.6 Å². The number of aromatic nitrogens is 3. The molecule has 2 heterocycles.